The number of anilines is 1. The third-order valence-corrected chi connectivity index (χ3v) is 9.63. The van der Waals surface area contributed by atoms with E-state index in [1.165, 1.54) is 0 Å². The van der Waals surface area contributed by atoms with Gasteiger partial charge in [-0.1, -0.05) is 24.3 Å². The van der Waals surface area contributed by atoms with E-state index in [9.17, 15) is 14.7 Å². The van der Waals surface area contributed by atoms with Gasteiger partial charge in [0.1, 0.15) is 23.0 Å². The average molecular weight is 645 g/mol. The van der Waals surface area contributed by atoms with Gasteiger partial charge in [-0.05, 0) is 106 Å². The van der Waals surface area contributed by atoms with Gasteiger partial charge in [0.25, 0.3) is 0 Å². The van der Waals surface area contributed by atoms with Gasteiger partial charge in [-0.3, -0.25) is 4.79 Å². The van der Waals surface area contributed by atoms with E-state index in [-0.39, 0.29) is 24.0 Å². The number of fused-ring (bicyclic) bond motifs is 1. The van der Waals surface area contributed by atoms with Crippen molar-refractivity contribution in [2.45, 2.75) is 84.4 Å². The lowest BCUT2D eigenvalue weighted by Gasteiger charge is -2.28. The highest BCUT2D eigenvalue weighted by Crippen LogP contribution is 2.42. The highest BCUT2D eigenvalue weighted by atomic mass is 32.1. The van der Waals surface area contributed by atoms with Crippen LogP contribution in [0.3, 0.4) is 0 Å². The number of hydrogen-bond donors (Lipinski definition) is 2. The van der Waals surface area contributed by atoms with Gasteiger partial charge in [0, 0.05) is 29.9 Å². The van der Waals surface area contributed by atoms with Crippen molar-refractivity contribution in [2.24, 2.45) is 5.92 Å². The molecule has 2 N–H and O–H groups in total. The molecule has 1 saturated carbocycles. The second-order valence-electron chi connectivity index (χ2n) is 13.2. The minimum Gasteiger partial charge on any atom is -0.496 e. The van der Waals surface area contributed by atoms with Gasteiger partial charge in [-0.15, -0.1) is 11.3 Å². The number of carboxylic acid groups (broad SMARTS) is 1. The summed E-state index contributed by atoms with van der Waals surface area (Å²) in [6.45, 7) is 10.0. The summed E-state index contributed by atoms with van der Waals surface area (Å²) < 4.78 is 11.4. The van der Waals surface area contributed by atoms with Gasteiger partial charge >= 0.3 is 12.1 Å². The van der Waals surface area contributed by atoms with Gasteiger partial charge in [0.05, 0.1) is 24.6 Å². The van der Waals surface area contributed by atoms with Crippen LogP contribution in [0.1, 0.15) is 87.2 Å². The molecule has 0 radical (unpaired) electrons. The normalized spacial score (nSPS) is 17.4. The molecule has 5 rings (SSSR count). The summed E-state index contributed by atoms with van der Waals surface area (Å²) in [6, 6.07) is 14.4. The molecule has 46 heavy (non-hydrogen) atoms. The zero-order valence-electron chi connectivity index (χ0n) is 27.7. The number of benzene rings is 2. The second-order valence-corrected chi connectivity index (χ2v) is 14.2. The Bertz CT molecular complexity index is 1720. The first-order valence-electron chi connectivity index (χ1n) is 15.8. The standard InChI is InChI=1S/C36H44N4O5S/c1-21(32-16-26(20-46-32)27-11-9-8-10-25(27)19-40(6)35(43)45-36(3,4)5)37-33-29-17-28(23-12-14-24(15-13-23)34(41)42)31(44-7)18-30(29)38-22(2)39-33/h8-11,16-18,20-21,23-24H,12-15,19H2,1-7H3,(H,41,42)(H,37,38,39)/t21-,23?,24?/m1/s1. The van der Waals surface area contributed by atoms with Crippen LogP contribution < -0.4 is 10.1 Å². The molecular weight excluding hydrogens is 600 g/mol. The van der Waals surface area contributed by atoms with Gasteiger partial charge in [-0.2, -0.15) is 0 Å². The maximum atomic E-state index is 12.6. The number of aliphatic carboxylic acids is 1. The zero-order chi connectivity index (χ0) is 33.2. The van der Waals surface area contributed by atoms with Crippen LogP contribution in [0.25, 0.3) is 22.0 Å². The fourth-order valence-corrected chi connectivity index (χ4v) is 7.06. The number of nitrogens with one attached hydrogen (secondary N) is 1. The summed E-state index contributed by atoms with van der Waals surface area (Å²) in [5.41, 5.74) is 4.53. The van der Waals surface area contributed by atoms with Crippen LogP contribution >= 0.6 is 11.3 Å². The second kappa shape index (κ2) is 13.7. The topological polar surface area (TPSA) is 114 Å². The third kappa shape index (κ3) is 7.61. The lowest BCUT2D eigenvalue weighted by Crippen LogP contribution is -2.33. The first-order chi connectivity index (χ1) is 21.8. The van der Waals surface area contributed by atoms with Crippen LogP contribution in [-0.4, -0.2) is 51.8 Å². The van der Waals surface area contributed by atoms with Crippen LogP contribution in [0.4, 0.5) is 10.6 Å². The number of carboxylic acids is 1. The smallest absolute Gasteiger partial charge is 0.410 e. The van der Waals surface area contributed by atoms with E-state index in [1.54, 1.807) is 30.4 Å². The summed E-state index contributed by atoms with van der Waals surface area (Å²) in [5.74, 6) is 1.43. The Balaban J connectivity index is 1.38. The van der Waals surface area contributed by atoms with Crippen molar-refractivity contribution in [3.63, 3.8) is 0 Å². The van der Waals surface area contributed by atoms with Crippen molar-refractivity contribution in [3.8, 4) is 16.9 Å². The Morgan fingerprint density at radius 3 is 2.50 bits per heavy atom. The lowest BCUT2D eigenvalue weighted by molar-refractivity contribution is -0.142. The quantitative estimate of drug-likeness (QED) is 0.186. The molecule has 0 saturated heterocycles. The van der Waals surface area contributed by atoms with E-state index >= 15 is 0 Å². The third-order valence-electron chi connectivity index (χ3n) is 8.52. The van der Waals surface area contributed by atoms with E-state index in [2.05, 4.69) is 35.8 Å². The number of aryl methyl sites for hydroxylation is 1. The van der Waals surface area contributed by atoms with Crippen LogP contribution in [0.15, 0.2) is 47.8 Å². The van der Waals surface area contributed by atoms with E-state index in [0.717, 1.165) is 62.4 Å². The van der Waals surface area contributed by atoms with Crippen LogP contribution in [-0.2, 0) is 16.1 Å². The van der Waals surface area contributed by atoms with Crippen LogP contribution in [0.5, 0.6) is 5.75 Å². The van der Waals surface area contributed by atoms with Gasteiger partial charge in [0.2, 0.25) is 0 Å². The Hall–Kier alpha value is -4.18. The molecule has 1 fully saturated rings. The summed E-state index contributed by atoms with van der Waals surface area (Å²) >= 11 is 1.68. The molecule has 244 valence electrons. The predicted molar refractivity (Wildman–Crippen MR) is 183 cm³/mol. The number of amides is 1. The maximum Gasteiger partial charge on any atom is 0.410 e. The molecule has 1 amide bonds. The molecule has 1 atom stereocenters. The molecule has 1 aliphatic carbocycles. The van der Waals surface area contributed by atoms with E-state index < -0.39 is 11.6 Å². The average Bonchev–Trinajstić information content (AvgIpc) is 3.50. The molecule has 0 bridgehead atoms. The molecule has 2 heterocycles. The van der Waals surface area contributed by atoms with E-state index in [0.29, 0.717) is 25.2 Å². The Kier molecular flexibility index (Phi) is 9.86. The fourth-order valence-electron chi connectivity index (χ4n) is 6.14. The van der Waals surface area contributed by atoms with Gasteiger partial charge < -0.3 is 24.8 Å². The Morgan fingerprint density at radius 1 is 1.11 bits per heavy atom. The number of hydrogen-bond acceptors (Lipinski definition) is 8. The maximum absolute atomic E-state index is 12.6. The summed E-state index contributed by atoms with van der Waals surface area (Å²) in [4.78, 5) is 36.4. The zero-order valence-corrected chi connectivity index (χ0v) is 28.5. The molecule has 0 unspecified atom stereocenters. The molecular formula is C36H44N4O5S. The van der Waals surface area contributed by atoms with Crippen molar-refractivity contribution >= 4 is 40.1 Å². The molecule has 0 aliphatic heterocycles. The highest BCUT2D eigenvalue weighted by molar-refractivity contribution is 7.10. The monoisotopic (exact) mass is 644 g/mol. The largest absolute Gasteiger partial charge is 0.496 e. The van der Waals surface area contributed by atoms with E-state index in [4.69, 9.17) is 19.4 Å². The lowest BCUT2D eigenvalue weighted by atomic mass is 9.78. The van der Waals surface area contributed by atoms with Crippen molar-refractivity contribution in [2.75, 3.05) is 19.5 Å². The minimum absolute atomic E-state index is 0.0376. The highest BCUT2D eigenvalue weighted by Gasteiger charge is 2.29. The van der Waals surface area contributed by atoms with Gasteiger partial charge in [-0.25, -0.2) is 14.8 Å². The number of methoxy groups -OCH3 is 1. The van der Waals surface area contributed by atoms with Crippen molar-refractivity contribution < 1.29 is 24.2 Å². The van der Waals surface area contributed by atoms with Crippen LogP contribution in [0, 0.1) is 12.8 Å². The predicted octanol–water partition coefficient (Wildman–Crippen LogP) is 8.57. The molecule has 9 nitrogen and oxygen atoms in total. The van der Waals surface area contributed by atoms with Gasteiger partial charge in [0.15, 0.2) is 0 Å². The van der Waals surface area contributed by atoms with E-state index in [1.807, 2.05) is 52.0 Å². The summed E-state index contributed by atoms with van der Waals surface area (Å²) in [5, 5.41) is 16.2. The first kappa shape index (κ1) is 33.2. The van der Waals surface area contributed by atoms with Crippen molar-refractivity contribution in [1.82, 2.24) is 14.9 Å². The molecule has 4 aromatic rings. The number of thiophene rings is 1. The molecule has 2 aromatic heterocycles. The van der Waals surface area contributed by atoms with Crippen molar-refractivity contribution in [3.05, 3.63) is 69.7 Å². The molecule has 0 spiro atoms. The summed E-state index contributed by atoms with van der Waals surface area (Å²) in [7, 11) is 3.43. The first-order valence-corrected chi connectivity index (χ1v) is 16.7. The molecule has 1 aliphatic rings. The number of carbonyl (C=O) groups excluding carboxylic acids is 1. The number of ether oxygens (including phenoxy) is 2. The number of rotatable bonds is 9. The van der Waals surface area contributed by atoms with Crippen molar-refractivity contribution in [1.29, 1.82) is 0 Å². The minimum atomic E-state index is -0.707. The van der Waals surface area contributed by atoms with Crippen LogP contribution in [0.2, 0.25) is 0 Å². The SMILES string of the molecule is COc1cc2nc(C)nc(N[C@H](C)c3cc(-c4ccccc4CN(C)C(=O)OC(C)(C)C)cs3)c2cc1C1CCC(C(=O)O)CC1. The molecule has 2 aromatic carbocycles. The number of carbonyl (C=O) groups is 2. The Morgan fingerprint density at radius 2 is 1.83 bits per heavy atom. The number of nitrogens with zero attached hydrogens (tertiary/aromatic N) is 3. The Labute approximate surface area is 275 Å². The molecule has 10 heteroatoms. The fraction of sp³-hybridized carbons (Fsp3) is 0.444. The summed E-state index contributed by atoms with van der Waals surface area (Å²) in [6.07, 6.45) is 2.58. The number of aromatic nitrogens is 2.